The number of hydrogen-bond donors (Lipinski definition) is 1. The number of ether oxygens (including phenoxy) is 2. The lowest BCUT2D eigenvalue weighted by Crippen LogP contribution is -2.51. The van der Waals surface area contributed by atoms with Crippen molar-refractivity contribution < 1.29 is 23.9 Å². The van der Waals surface area contributed by atoms with Crippen LogP contribution < -0.4 is 5.32 Å². The highest BCUT2D eigenvalue weighted by atomic mass is 32.1. The van der Waals surface area contributed by atoms with Crippen molar-refractivity contribution >= 4 is 34.9 Å². The van der Waals surface area contributed by atoms with E-state index in [1.165, 1.54) is 16.2 Å². The Morgan fingerprint density at radius 3 is 2.56 bits per heavy atom. The van der Waals surface area contributed by atoms with Crippen molar-refractivity contribution in [3.8, 4) is 0 Å². The second-order valence-corrected chi connectivity index (χ2v) is 9.80. The van der Waals surface area contributed by atoms with Gasteiger partial charge < -0.3 is 19.7 Å². The van der Waals surface area contributed by atoms with Gasteiger partial charge in [-0.05, 0) is 41.6 Å². The summed E-state index contributed by atoms with van der Waals surface area (Å²) in [6, 6.07) is 17.7. The van der Waals surface area contributed by atoms with Gasteiger partial charge in [0.15, 0.2) is 12.1 Å². The van der Waals surface area contributed by atoms with E-state index in [4.69, 9.17) is 9.47 Å². The molecule has 2 aliphatic rings. The smallest absolute Gasteiger partial charge is 0.411 e. The van der Waals surface area contributed by atoms with Crippen molar-refractivity contribution in [2.24, 2.45) is 0 Å². The Morgan fingerprint density at radius 1 is 1.06 bits per heavy atom. The Kier molecular flexibility index (Phi) is 7.02. The highest BCUT2D eigenvalue weighted by Gasteiger charge is 2.48. The fourth-order valence-electron chi connectivity index (χ4n) is 4.45. The highest BCUT2D eigenvalue weighted by molar-refractivity contribution is 7.12. The van der Waals surface area contributed by atoms with Crippen molar-refractivity contribution in [3.05, 3.63) is 87.6 Å². The van der Waals surface area contributed by atoms with E-state index in [2.05, 4.69) is 5.32 Å². The number of aryl methyl sites for hydroxylation is 1. The molecule has 9 heteroatoms. The molecule has 0 unspecified atom stereocenters. The lowest BCUT2D eigenvalue weighted by atomic mass is 9.99. The van der Waals surface area contributed by atoms with Crippen LogP contribution in [0.25, 0.3) is 0 Å². The molecular weight excluding hydrogens is 478 g/mol. The number of cyclic esters (lactones) is 1. The van der Waals surface area contributed by atoms with E-state index in [0.717, 1.165) is 11.1 Å². The Balaban J connectivity index is 1.43. The first-order chi connectivity index (χ1) is 17.5. The van der Waals surface area contributed by atoms with Gasteiger partial charge in [0.1, 0.15) is 0 Å². The average Bonchev–Trinajstić information content (AvgIpc) is 3.55. The van der Waals surface area contributed by atoms with E-state index in [0.29, 0.717) is 42.4 Å². The first kappa shape index (κ1) is 24.0. The number of anilines is 1. The second-order valence-electron chi connectivity index (χ2n) is 8.86. The number of thiophene rings is 1. The van der Waals surface area contributed by atoms with Gasteiger partial charge in [-0.1, -0.05) is 48.0 Å². The van der Waals surface area contributed by atoms with Crippen LogP contribution in [0.3, 0.4) is 0 Å². The summed E-state index contributed by atoms with van der Waals surface area (Å²) < 4.78 is 11.2. The minimum absolute atomic E-state index is 0.172. The first-order valence-corrected chi connectivity index (χ1v) is 12.7. The molecule has 3 aromatic rings. The van der Waals surface area contributed by atoms with Crippen LogP contribution >= 0.6 is 11.3 Å². The monoisotopic (exact) mass is 505 g/mol. The molecular formula is C27H27N3O5S. The molecule has 2 aromatic carbocycles. The van der Waals surface area contributed by atoms with Crippen LogP contribution in [0.5, 0.6) is 0 Å². The molecule has 0 aliphatic carbocycles. The van der Waals surface area contributed by atoms with Crippen LogP contribution in [-0.4, -0.2) is 60.1 Å². The Hall–Kier alpha value is -3.69. The minimum Gasteiger partial charge on any atom is -0.438 e. The standard InChI is InChI=1S/C27H27N3O5S/c1-18-7-9-19(10-8-18)17-30-23(26(32)29-11-13-34-14-12-29)24(35-27(30)33)20-4-2-5-21(16-20)28-25(31)22-6-3-15-36-22/h2-10,15-16,23-24H,11-14,17H2,1H3,(H,28,31)/t23-,24-/m1/s1. The van der Waals surface area contributed by atoms with E-state index in [-0.39, 0.29) is 18.4 Å². The van der Waals surface area contributed by atoms with Crippen molar-refractivity contribution in [3.63, 3.8) is 0 Å². The molecule has 0 bridgehead atoms. The molecule has 0 spiro atoms. The molecule has 3 amide bonds. The lowest BCUT2D eigenvalue weighted by Gasteiger charge is -2.33. The number of nitrogens with one attached hydrogen (secondary N) is 1. The third-order valence-electron chi connectivity index (χ3n) is 6.35. The van der Waals surface area contributed by atoms with Gasteiger partial charge in [0, 0.05) is 18.8 Å². The van der Waals surface area contributed by atoms with Gasteiger partial charge >= 0.3 is 6.09 Å². The number of morpholine rings is 1. The molecule has 36 heavy (non-hydrogen) atoms. The van der Waals surface area contributed by atoms with Crippen molar-refractivity contribution in [2.45, 2.75) is 25.6 Å². The molecule has 2 aliphatic heterocycles. The fraction of sp³-hybridized carbons (Fsp3) is 0.296. The SMILES string of the molecule is Cc1ccc(CN2C(=O)O[C@H](c3cccc(NC(=O)c4cccs4)c3)[C@@H]2C(=O)N2CCOCC2)cc1. The number of carbonyl (C=O) groups is 3. The van der Waals surface area contributed by atoms with Crippen LogP contribution in [0.15, 0.2) is 66.0 Å². The van der Waals surface area contributed by atoms with Crippen LogP contribution in [0.1, 0.15) is 32.5 Å². The third-order valence-corrected chi connectivity index (χ3v) is 7.22. The molecule has 5 rings (SSSR count). The summed E-state index contributed by atoms with van der Waals surface area (Å²) in [5, 5.41) is 4.73. The van der Waals surface area contributed by atoms with Crippen LogP contribution in [-0.2, 0) is 20.8 Å². The summed E-state index contributed by atoms with van der Waals surface area (Å²) in [4.78, 5) is 43.2. The molecule has 8 nitrogen and oxygen atoms in total. The van der Waals surface area contributed by atoms with Gasteiger partial charge in [-0.2, -0.15) is 0 Å². The first-order valence-electron chi connectivity index (χ1n) is 11.8. The third kappa shape index (κ3) is 5.12. The average molecular weight is 506 g/mol. The molecule has 3 heterocycles. The zero-order chi connectivity index (χ0) is 25.1. The number of hydrogen-bond acceptors (Lipinski definition) is 6. The van der Waals surface area contributed by atoms with E-state index in [1.54, 1.807) is 29.2 Å². The van der Waals surface area contributed by atoms with Crippen molar-refractivity contribution in [1.82, 2.24) is 9.80 Å². The van der Waals surface area contributed by atoms with Crippen LogP contribution in [0.2, 0.25) is 0 Å². The summed E-state index contributed by atoms with van der Waals surface area (Å²) in [6.45, 7) is 4.10. The molecule has 186 valence electrons. The summed E-state index contributed by atoms with van der Waals surface area (Å²) in [5.74, 6) is -0.387. The van der Waals surface area contributed by atoms with Gasteiger partial charge in [-0.25, -0.2) is 4.79 Å². The normalized spacial score (nSPS) is 19.8. The van der Waals surface area contributed by atoms with Crippen LogP contribution in [0.4, 0.5) is 10.5 Å². The molecule has 1 aromatic heterocycles. The van der Waals surface area contributed by atoms with Gasteiger partial charge in [0.25, 0.3) is 5.91 Å². The maximum Gasteiger partial charge on any atom is 0.411 e. The number of carbonyl (C=O) groups excluding carboxylic acids is 3. The fourth-order valence-corrected chi connectivity index (χ4v) is 5.07. The molecule has 0 saturated carbocycles. The largest absolute Gasteiger partial charge is 0.438 e. The molecule has 2 saturated heterocycles. The van der Waals surface area contributed by atoms with Gasteiger partial charge in [-0.15, -0.1) is 11.3 Å². The summed E-state index contributed by atoms with van der Waals surface area (Å²) >= 11 is 1.35. The number of nitrogens with zero attached hydrogens (tertiary/aromatic N) is 2. The quantitative estimate of drug-likeness (QED) is 0.542. The summed E-state index contributed by atoms with van der Waals surface area (Å²) in [7, 11) is 0. The highest BCUT2D eigenvalue weighted by Crippen LogP contribution is 2.36. The predicted octanol–water partition coefficient (Wildman–Crippen LogP) is 4.23. The Morgan fingerprint density at radius 2 is 1.83 bits per heavy atom. The van der Waals surface area contributed by atoms with E-state index < -0.39 is 18.2 Å². The van der Waals surface area contributed by atoms with Crippen molar-refractivity contribution in [2.75, 3.05) is 31.6 Å². The second kappa shape index (κ2) is 10.5. The number of benzene rings is 2. The maximum atomic E-state index is 13.7. The molecule has 0 radical (unpaired) electrons. The topological polar surface area (TPSA) is 88.2 Å². The van der Waals surface area contributed by atoms with E-state index in [1.807, 2.05) is 48.7 Å². The van der Waals surface area contributed by atoms with Gasteiger partial charge in [0.2, 0.25) is 5.91 Å². The lowest BCUT2D eigenvalue weighted by molar-refractivity contribution is -0.141. The summed E-state index contributed by atoms with van der Waals surface area (Å²) in [5.41, 5.74) is 3.24. The molecule has 1 N–H and O–H groups in total. The molecule has 2 fully saturated rings. The van der Waals surface area contributed by atoms with E-state index in [9.17, 15) is 14.4 Å². The number of rotatable bonds is 6. The van der Waals surface area contributed by atoms with Crippen molar-refractivity contribution in [1.29, 1.82) is 0 Å². The van der Waals surface area contributed by atoms with Gasteiger partial charge in [0.05, 0.1) is 24.6 Å². The Labute approximate surface area is 213 Å². The Bertz CT molecular complexity index is 1240. The van der Waals surface area contributed by atoms with Gasteiger partial charge in [-0.3, -0.25) is 14.5 Å². The zero-order valence-corrected chi connectivity index (χ0v) is 20.7. The number of amides is 3. The zero-order valence-electron chi connectivity index (χ0n) is 19.9. The molecule has 2 atom stereocenters. The minimum atomic E-state index is -0.833. The predicted molar refractivity (Wildman–Crippen MR) is 136 cm³/mol. The maximum absolute atomic E-state index is 13.7. The van der Waals surface area contributed by atoms with Crippen LogP contribution in [0, 0.1) is 6.92 Å². The van der Waals surface area contributed by atoms with E-state index >= 15 is 0 Å². The summed E-state index contributed by atoms with van der Waals surface area (Å²) in [6.07, 6.45) is -1.35.